The fraction of sp³-hybridized carbons (Fsp3) is 0. The minimum absolute atomic E-state index is 0.0770. The van der Waals surface area contributed by atoms with Crippen LogP contribution in [0.4, 0.5) is 14.5 Å². The summed E-state index contributed by atoms with van der Waals surface area (Å²) >= 11 is 0. The summed E-state index contributed by atoms with van der Waals surface area (Å²) in [5.74, 6) is -0.355. The highest BCUT2D eigenvalue weighted by molar-refractivity contribution is 5.79. The maximum absolute atomic E-state index is 13.3. The molecule has 1 heterocycles. The van der Waals surface area contributed by atoms with Crippen molar-refractivity contribution in [3.63, 3.8) is 0 Å². The molecule has 3 rings (SSSR count). The predicted octanol–water partition coefficient (Wildman–Crippen LogP) is 3.89. The van der Waals surface area contributed by atoms with E-state index in [0.717, 1.165) is 0 Å². The summed E-state index contributed by atoms with van der Waals surface area (Å²) < 4.78 is 32.0. The lowest BCUT2D eigenvalue weighted by Gasteiger charge is -2.09. The van der Waals surface area contributed by atoms with Gasteiger partial charge in [-0.25, -0.2) is 8.78 Å². The lowest BCUT2D eigenvalue weighted by molar-refractivity contribution is 0.479. The molecule has 0 atom stereocenters. The fourth-order valence-electron chi connectivity index (χ4n) is 1.87. The Morgan fingerprint density at radius 2 is 1.90 bits per heavy atom. The number of nitrogen functional groups attached to an aromatic ring is 1. The van der Waals surface area contributed by atoms with Crippen molar-refractivity contribution in [1.29, 1.82) is 0 Å². The number of hydrogen-bond donors (Lipinski definition) is 1. The fourth-order valence-corrected chi connectivity index (χ4v) is 1.87. The van der Waals surface area contributed by atoms with E-state index in [4.69, 9.17) is 10.5 Å². The second-order valence-corrected chi connectivity index (χ2v) is 4.26. The third-order valence-electron chi connectivity index (χ3n) is 2.86. The Balaban J connectivity index is 2.00. The Bertz CT molecular complexity index is 790. The van der Waals surface area contributed by atoms with Crippen LogP contribution in [0.2, 0.25) is 0 Å². The van der Waals surface area contributed by atoms with Crippen LogP contribution in [-0.2, 0) is 0 Å². The van der Waals surface area contributed by atoms with Crippen LogP contribution in [0.15, 0.2) is 48.7 Å². The summed E-state index contributed by atoms with van der Waals surface area (Å²) in [4.78, 5) is 4.14. The zero-order chi connectivity index (χ0) is 14.1. The van der Waals surface area contributed by atoms with E-state index >= 15 is 0 Å². The zero-order valence-electron chi connectivity index (χ0n) is 10.3. The van der Waals surface area contributed by atoms with Gasteiger partial charge in [-0.2, -0.15) is 0 Å². The van der Waals surface area contributed by atoms with Crippen LogP contribution >= 0.6 is 0 Å². The number of fused-ring (bicyclic) bond motifs is 1. The molecule has 5 heteroatoms. The first kappa shape index (κ1) is 12.3. The van der Waals surface area contributed by atoms with E-state index in [2.05, 4.69) is 4.98 Å². The van der Waals surface area contributed by atoms with Gasteiger partial charge >= 0.3 is 0 Å². The van der Waals surface area contributed by atoms with Crippen molar-refractivity contribution in [2.75, 3.05) is 5.73 Å². The molecule has 0 amide bonds. The SMILES string of the molecule is Nc1c(F)cccc1Oc1cnc2ccc(F)cc2c1. The molecule has 1 aromatic heterocycles. The van der Waals surface area contributed by atoms with Gasteiger partial charge in [-0.1, -0.05) is 6.07 Å². The van der Waals surface area contributed by atoms with Gasteiger partial charge in [0.1, 0.15) is 23.1 Å². The number of ether oxygens (including phenoxy) is 1. The lowest BCUT2D eigenvalue weighted by atomic mass is 10.2. The number of hydrogen-bond acceptors (Lipinski definition) is 3. The quantitative estimate of drug-likeness (QED) is 0.720. The number of halogens is 2. The highest BCUT2D eigenvalue weighted by Gasteiger charge is 2.07. The van der Waals surface area contributed by atoms with Crippen LogP contribution in [0.1, 0.15) is 0 Å². The molecule has 0 radical (unpaired) electrons. The van der Waals surface area contributed by atoms with Gasteiger partial charge in [0, 0.05) is 5.39 Å². The number of nitrogens with two attached hydrogens (primary N) is 1. The van der Waals surface area contributed by atoms with Crippen LogP contribution in [0.3, 0.4) is 0 Å². The summed E-state index contributed by atoms with van der Waals surface area (Å²) in [5.41, 5.74) is 6.15. The molecule has 0 fully saturated rings. The number of para-hydroxylation sites is 1. The van der Waals surface area contributed by atoms with E-state index < -0.39 is 5.82 Å². The molecule has 0 saturated heterocycles. The lowest BCUT2D eigenvalue weighted by Crippen LogP contribution is -1.95. The topological polar surface area (TPSA) is 48.1 Å². The number of pyridine rings is 1. The van der Waals surface area contributed by atoms with Crippen LogP contribution in [0, 0.1) is 11.6 Å². The number of anilines is 1. The van der Waals surface area contributed by atoms with Crippen molar-refractivity contribution in [3.05, 3.63) is 60.3 Å². The molecule has 3 aromatic rings. The van der Waals surface area contributed by atoms with E-state index in [-0.39, 0.29) is 17.3 Å². The molecule has 2 N–H and O–H groups in total. The van der Waals surface area contributed by atoms with Crippen molar-refractivity contribution in [1.82, 2.24) is 4.98 Å². The number of nitrogens with zero attached hydrogens (tertiary/aromatic N) is 1. The first-order chi connectivity index (χ1) is 9.63. The van der Waals surface area contributed by atoms with Crippen LogP contribution in [0.5, 0.6) is 11.5 Å². The third-order valence-corrected chi connectivity index (χ3v) is 2.86. The van der Waals surface area contributed by atoms with Crippen molar-refractivity contribution in [2.45, 2.75) is 0 Å². The number of benzene rings is 2. The Hall–Kier alpha value is -2.69. The van der Waals surface area contributed by atoms with Crippen molar-refractivity contribution in [3.8, 4) is 11.5 Å². The number of aromatic nitrogens is 1. The molecule has 2 aromatic carbocycles. The second-order valence-electron chi connectivity index (χ2n) is 4.26. The third kappa shape index (κ3) is 2.25. The summed E-state index contributed by atoms with van der Waals surface area (Å²) in [6.45, 7) is 0. The van der Waals surface area contributed by atoms with E-state index in [1.54, 1.807) is 18.2 Å². The highest BCUT2D eigenvalue weighted by atomic mass is 19.1. The average molecular weight is 272 g/mol. The van der Waals surface area contributed by atoms with Gasteiger partial charge < -0.3 is 10.5 Å². The first-order valence-electron chi connectivity index (χ1n) is 5.90. The van der Waals surface area contributed by atoms with Gasteiger partial charge in [-0.3, -0.25) is 4.98 Å². The van der Waals surface area contributed by atoms with Gasteiger partial charge in [0.25, 0.3) is 0 Å². The Morgan fingerprint density at radius 1 is 1.05 bits per heavy atom. The molecular formula is C15H10F2N2O. The van der Waals surface area contributed by atoms with Crippen LogP contribution < -0.4 is 10.5 Å². The van der Waals surface area contributed by atoms with Crippen LogP contribution in [0.25, 0.3) is 10.9 Å². The van der Waals surface area contributed by atoms with Gasteiger partial charge in [0.15, 0.2) is 5.75 Å². The van der Waals surface area contributed by atoms with Gasteiger partial charge in [-0.15, -0.1) is 0 Å². The minimum Gasteiger partial charge on any atom is -0.453 e. The van der Waals surface area contributed by atoms with Gasteiger partial charge in [0.2, 0.25) is 0 Å². The molecule has 0 spiro atoms. The van der Waals surface area contributed by atoms with E-state index in [1.165, 1.54) is 30.5 Å². The number of rotatable bonds is 2. The molecule has 0 aliphatic rings. The first-order valence-corrected chi connectivity index (χ1v) is 5.90. The summed E-state index contributed by atoms with van der Waals surface area (Å²) in [7, 11) is 0. The summed E-state index contributed by atoms with van der Waals surface area (Å²) in [6.07, 6.45) is 1.48. The van der Waals surface area contributed by atoms with Gasteiger partial charge in [-0.05, 0) is 36.4 Å². The minimum atomic E-state index is -0.553. The average Bonchev–Trinajstić information content (AvgIpc) is 2.43. The summed E-state index contributed by atoms with van der Waals surface area (Å²) in [5, 5.41) is 0.595. The normalized spacial score (nSPS) is 10.7. The molecule has 20 heavy (non-hydrogen) atoms. The molecule has 100 valence electrons. The van der Waals surface area contributed by atoms with E-state index in [1.807, 2.05) is 0 Å². The maximum atomic E-state index is 13.3. The smallest absolute Gasteiger partial charge is 0.153 e. The van der Waals surface area contributed by atoms with Crippen LogP contribution in [-0.4, -0.2) is 4.98 Å². The Morgan fingerprint density at radius 3 is 2.75 bits per heavy atom. The van der Waals surface area contributed by atoms with E-state index in [9.17, 15) is 8.78 Å². The Labute approximate surface area is 113 Å². The standard InChI is InChI=1S/C15H10F2N2O/c16-10-4-5-13-9(6-10)7-11(8-19-13)20-14-3-1-2-12(17)15(14)18/h1-8H,18H2. The predicted molar refractivity (Wildman–Crippen MR) is 72.6 cm³/mol. The van der Waals surface area contributed by atoms with E-state index in [0.29, 0.717) is 16.7 Å². The monoisotopic (exact) mass is 272 g/mol. The molecule has 3 nitrogen and oxygen atoms in total. The van der Waals surface area contributed by atoms with Gasteiger partial charge in [0.05, 0.1) is 11.7 Å². The molecule has 0 unspecified atom stereocenters. The molecular weight excluding hydrogens is 262 g/mol. The largest absolute Gasteiger partial charge is 0.453 e. The maximum Gasteiger partial charge on any atom is 0.153 e. The Kier molecular flexibility index (Phi) is 2.95. The summed E-state index contributed by atoms with van der Waals surface area (Å²) in [6, 6.07) is 10.2. The molecule has 0 aliphatic heterocycles. The zero-order valence-corrected chi connectivity index (χ0v) is 10.3. The highest BCUT2D eigenvalue weighted by Crippen LogP contribution is 2.30. The second kappa shape index (κ2) is 4.77. The molecule has 0 aliphatic carbocycles. The molecule has 0 bridgehead atoms. The van der Waals surface area contributed by atoms with Crippen molar-refractivity contribution >= 4 is 16.6 Å². The van der Waals surface area contributed by atoms with Crippen molar-refractivity contribution < 1.29 is 13.5 Å². The van der Waals surface area contributed by atoms with Crippen molar-refractivity contribution in [2.24, 2.45) is 0 Å². The molecule has 0 saturated carbocycles.